The summed E-state index contributed by atoms with van der Waals surface area (Å²) in [5.74, 6) is -0.869. The lowest BCUT2D eigenvalue weighted by Gasteiger charge is -2.29. The minimum Gasteiger partial charge on any atom is -0.467 e. The molecule has 0 radical (unpaired) electrons. The number of benzene rings is 2. The van der Waals surface area contributed by atoms with E-state index in [2.05, 4.69) is 10.3 Å². The van der Waals surface area contributed by atoms with Crippen LogP contribution < -0.4 is 14.8 Å². The van der Waals surface area contributed by atoms with Gasteiger partial charge in [0.15, 0.2) is 11.5 Å². The lowest BCUT2D eigenvalue weighted by molar-refractivity contribution is -0.145. The largest absolute Gasteiger partial charge is 0.467 e. The van der Waals surface area contributed by atoms with Crippen LogP contribution in [0.25, 0.3) is 10.9 Å². The standard InChI is InChI=1S/C27H32N2O6/c1-4-16(5-2)25(30)24(17-10-11-22-23(13-17)35-15-34-22)26(31)29-21(27(32)33-3)12-18-14-28-20-9-7-6-8-19(18)20/h6-11,13-14,16,21,24-25,28,30H,4-5,12,15H2,1-3H3,(H,29,31)/t21-,24?,25?/m0/s1. The first-order valence-corrected chi connectivity index (χ1v) is 12.0. The van der Waals surface area contributed by atoms with Crippen LogP contribution in [-0.2, 0) is 20.7 Å². The Balaban J connectivity index is 1.64. The zero-order chi connectivity index (χ0) is 24.9. The third-order valence-corrected chi connectivity index (χ3v) is 6.81. The summed E-state index contributed by atoms with van der Waals surface area (Å²) >= 11 is 0. The number of aromatic amines is 1. The minimum atomic E-state index is -0.947. The Morgan fingerprint density at radius 3 is 2.60 bits per heavy atom. The molecular formula is C27H32N2O6. The number of hydrogen-bond acceptors (Lipinski definition) is 6. The molecule has 1 amide bonds. The summed E-state index contributed by atoms with van der Waals surface area (Å²) in [5.41, 5.74) is 2.43. The van der Waals surface area contributed by atoms with Crippen LogP contribution in [0.2, 0.25) is 0 Å². The average Bonchev–Trinajstić information content (AvgIpc) is 3.51. The van der Waals surface area contributed by atoms with Crippen LogP contribution in [0, 0.1) is 5.92 Å². The number of nitrogens with one attached hydrogen (secondary N) is 2. The molecule has 8 heteroatoms. The Bertz CT molecular complexity index is 1190. The number of aliphatic hydroxyl groups excluding tert-OH is 1. The quantitative estimate of drug-likeness (QED) is 0.382. The van der Waals surface area contributed by atoms with Crippen LogP contribution in [0.5, 0.6) is 11.5 Å². The van der Waals surface area contributed by atoms with Crippen molar-refractivity contribution in [3.05, 3.63) is 59.8 Å². The predicted molar refractivity (Wildman–Crippen MR) is 131 cm³/mol. The van der Waals surface area contributed by atoms with Crippen LogP contribution in [0.15, 0.2) is 48.7 Å². The van der Waals surface area contributed by atoms with Gasteiger partial charge < -0.3 is 29.6 Å². The molecule has 1 aromatic heterocycles. The van der Waals surface area contributed by atoms with Crippen molar-refractivity contribution < 1.29 is 28.9 Å². The SMILES string of the molecule is CCC(CC)C(O)C(C(=O)N[C@@H](Cc1c[nH]c2ccccc12)C(=O)OC)c1ccc2c(c1)OCO2. The molecule has 186 valence electrons. The maximum atomic E-state index is 13.7. The van der Waals surface area contributed by atoms with Gasteiger partial charge in [0.2, 0.25) is 12.7 Å². The molecule has 8 nitrogen and oxygen atoms in total. The van der Waals surface area contributed by atoms with Crippen molar-refractivity contribution in [3.63, 3.8) is 0 Å². The summed E-state index contributed by atoms with van der Waals surface area (Å²) in [7, 11) is 1.30. The normalized spacial score (nSPS) is 15.1. The maximum Gasteiger partial charge on any atom is 0.328 e. The fourth-order valence-corrected chi connectivity index (χ4v) is 4.77. The number of carbonyl (C=O) groups excluding carboxylic acids is 2. The molecule has 0 fully saturated rings. The van der Waals surface area contributed by atoms with Crippen LogP contribution in [0.3, 0.4) is 0 Å². The van der Waals surface area contributed by atoms with E-state index in [0.717, 1.165) is 16.5 Å². The zero-order valence-electron chi connectivity index (χ0n) is 20.2. The van der Waals surface area contributed by atoms with E-state index in [4.69, 9.17) is 14.2 Å². The first kappa shape index (κ1) is 24.6. The zero-order valence-corrected chi connectivity index (χ0v) is 20.2. The second-order valence-corrected chi connectivity index (χ2v) is 8.81. The number of esters is 1. The summed E-state index contributed by atoms with van der Waals surface area (Å²) in [6, 6.07) is 12.1. The van der Waals surface area contributed by atoms with Crippen LogP contribution in [-0.4, -0.2) is 48.0 Å². The highest BCUT2D eigenvalue weighted by Gasteiger charge is 2.36. The molecule has 35 heavy (non-hydrogen) atoms. The second-order valence-electron chi connectivity index (χ2n) is 8.81. The average molecular weight is 481 g/mol. The van der Waals surface area contributed by atoms with Gasteiger partial charge in [-0.05, 0) is 35.2 Å². The number of fused-ring (bicyclic) bond motifs is 2. The molecule has 2 unspecified atom stereocenters. The van der Waals surface area contributed by atoms with Gasteiger partial charge in [-0.3, -0.25) is 4.79 Å². The van der Waals surface area contributed by atoms with Crippen molar-refractivity contribution in [3.8, 4) is 11.5 Å². The molecule has 3 aromatic rings. The van der Waals surface area contributed by atoms with Crippen molar-refractivity contribution in [1.29, 1.82) is 0 Å². The molecule has 0 bridgehead atoms. The molecule has 4 rings (SSSR count). The van der Waals surface area contributed by atoms with E-state index < -0.39 is 29.9 Å². The van der Waals surface area contributed by atoms with Crippen molar-refractivity contribution in [1.82, 2.24) is 10.3 Å². The van der Waals surface area contributed by atoms with E-state index in [9.17, 15) is 14.7 Å². The first-order valence-electron chi connectivity index (χ1n) is 12.0. The number of H-pyrrole nitrogens is 1. The summed E-state index contributed by atoms with van der Waals surface area (Å²) in [5, 5.41) is 15.1. The van der Waals surface area contributed by atoms with Gasteiger partial charge in [0.05, 0.1) is 19.1 Å². The Hall–Kier alpha value is -3.52. The van der Waals surface area contributed by atoms with E-state index in [1.807, 2.05) is 44.3 Å². The van der Waals surface area contributed by atoms with Gasteiger partial charge in [-0.1, -0.05) is 51.0 Å². The number of carbonyl (C=O) groups is 2. The Morgan fingerprint density at radius 2 is 1.86 bits per heavy atom. The van der Waals surface area contributed by atoms with E-state index in [-0.39, 0.29) is 19.1 Å². The Morgan fingerprint density at radius 1 is 1.11 bits per heavy atom. The van der Waals surface area contributed by atoms with Crippen LogP contribution in [0.1, 0.15) is 43.7 Å². The summed E-state index contributed by atoms with van der Waals surface area (Å²) in [6.45, 7) is 4.08. The van der Waals surface area contributed by atoms with Crippen LogP contribution >= 0.6 is 0 Å². The predicted octanol–water partition coefficient (Wildman–Crippen LogP) is 3.68. The number of aliphatic hydroxyl groups is 1. The maximum absolute atomic E-state index is 13.7. The third kappa shape index (κ3) is 5.12. The molecule has 0 saturated heterocycles. The highest BCUT2D eigenvalue weighted by molar-refractivity contribution is 5.90. The molecule has 1 aliphatic rings. The smallest absolute Gasteiger partial charge is 0.328 e. The number of para-hydroxylation sites is 1. The lowest BCUT2D eigenvalue weighted by Crippen LogP contribution is -2.48. The summed E-state index contributed by atoms with van der Waals surface area (Å²) in [4.78, 5) is 29.6. The van der Waals surface area contributed by atoms with Gasteiger partial charge in [-0.15, -0.1) is 0 Å². The van der Waals surface area contributed by atoms with E-state index >= 15 is 0 Å². The van der Waals surface area contributed by atoms with Gasteiger partial charge >= 0.3 is 5.97 Å². The molecule has 0 aliphatic carbocycles. The first-order chi connectivity index (χ1) is 17.0. The molecule has 3 atom stereocenters. The number of hydrogen-bond donors (Lipinski definition) is 3. The highest BCUT2D eigenvalue weighted by Crippen LogP contribution is 2.37. The van der Waals surface area contributed by atoms with Crippen molar-refractivity contribution >= 4 is 22.8 Å². The summed E-state index contributed by atoms with van der Waals surface area (Å²) < 4.78 is 15.9. The van der Waals surface area contributed by atoms with Crippen molar-refractivity contribution in [2.45, 2.75) is 51.2 Å². The van der Waals surface area contributed by atoms with Gasteiger partial charge in [0.1, 0.15) is 6.04 Å². The Kier molecular flexibility index (Phi) is 7.60. The Labute approximate surface area is 204 Å². The molecule has 0 saturated carbocycles. The van der Waals surface area contributed by atoms with Gasteiger partial charge in [-0.25, -0.2) is 4.79 Å². The molecule has 3 N–H and O–H groups in total. The number of ether oxygens (including phenoxy) is 3. The van der Waals surface area contributed by atoms with E-state index in [0.29, 0.717) is 29.9 Å². The van der Waals surface area contributed by atoms with Crippen molar-refractivity contribution in [2.75, 3.05) is 13.9 Å². The third-order valence-electron chi connectivity index (χ3n) is 6.81. The molecule has 0 spiro atoms. The fourth-order valence-electron chi connectivity index (χ4n) is 4.77. The van der Waals surface area contributed by atoms with Gasteiger partial charge in [0.25, 0.3) is 0 Å². The highest BCUT2D eigenvalue weighted by atomic mass is 16.7. The topological polar surface area (TPSA) is 110 Å². The molecule has 1 aliphatic heterocycles. The van der Waals surface area contributed by atoms with Crippen LogP contribution in [0.4, 0.5) is 0 Å². The number of rotatable bonds is 10. The van der Waals surface area contributed by atoms with Crippen molar-refractivity contribution in [2.24, 2.45) is 5.92 Å². The molecular weight excluding hydrogens is 448 g/mol. The van der Waals surface area contributed by atoms with Gasteiger partial charge in [-0.2, -0.15) is 0 Å². The summed E-state index contributed by atoms with van der Waals surface area (Å²) in [6.07, 6.45) is 2.55. The number of aromatic nitrogens is 1. The molecule has 2 heterocycles. The lowest BCUT2D eigenvalue weighted by atomic mass is 9.82. The second kappa shape index (κ2) is 10.8. The molecule has 2 aromatic carbocycles. The minimum absolute atomic E-state index is 0.0960. The van der Waals surface area contributed by atoms with E-state index in [1.54, 1.807) is 18.2 Å². The monoisotopic (exact) mass is 480 g/mol. The van der Waals surface area contributed by atoms with Gasteiger partial charge in [0, 0.05) is 23.5 Å². The van der Waals surface area contributed by atoms with E-state index in [1.165, 1.54) is 7.11 Å². The number of amides is 1. The fraction of sp³-hybridized carbons (Fsp3) is 0.407. The number of methoxy groups -OCH3 is 1.